The fourth-order valence-corrected chi connectivity index (χ4v) is 3.43. The van der Waals surface area contributed by atoms with E-state index in [1.165, 1.54) is 36.9 Å². The number of guanidine groups is 1. The Morgan fingerprint density at radius 3 is 2.64 bits per heavy atom. The molecule has 1 aliphatic rings. The number of hydrogen-bond acceptors (Lipinski definition) is 2. The highest BCUT2D eigenvalue weighted by Crippen LogP contribution is 2.33. The molecule has 0 heterocycles. The fourth-order valence-electron chi connectivity index (χ4n) is 3.43. The summed E-state index contributed by atoms with van der Waals surface area (Å²) in [4.78, 5) is 6.85. The van der Waals surface area contributed by atoms with Gasteiger partial charge in [-0.15, -0.1) is 24.0 Å². The van der Waals surface area contributed by atoms with E-state index in [2.05, 4.69) is 65.6 Å². The van der Waals surface area contributed by atoms with Gasteiger partial charge >= 0.3 is 0 Å². The molecule has 2 unspecified atom stereocenters. The first kappa shape index (κ1) is 22.2. The first-order valence-electron chi connectivity index (χ1n) is 9.45. The minimum Gasteiger partial charge on any atom is -0.356 e. The van der Waals surface area contributed by atoms with Crippen molar-refractivity contribution in [3.05, 3.63) is 35.4 Å². The van der Waals surface area contributed by atoms with E-state index < -0.39 is 0 Å². The quantitative estimate of drug-likeness (QED) is 0.338. The van der Waals surface area contributed by atoms with Crippen molar-refractivity contribution in [2.45, 2.75) is 52.0 Å². The lowest BCUT2D eigenvalue weighted by molar-refractivity contribution is 0.292. The van der Waals surface area contributed by atoms with Crippen LogP contribution in [0.1, 0.15) is 50.7 Å². The number of fused-ring (bicyclic) bond motifs is 1. The Bertz CT molecular complexity index is 528. The molecule has 0 saturated heterocycles. The molecule has 1 aromatic rings. The Labute approximate surface area is 170 Å². The molecule has 5 heteroatoms. The summed E-state index contributed by atoms with van der Waals surface area (Å²) >= 11 is 0. The number of nitrogens with one attached hydrogen (secondary N) is 2. The maximum absolute atomic E-state index is 4.37. The van der Waals surface area contributed by atoms with Gasteiger partial charge in [-0.3, -0.25) is 4.99 Å². The van der Waals surface area contributed by atoms with Gasteiger partial charge in [0, 0.05) is 25.6 Å². The Morgan fingerprint density at radius 2 is 2.00 bits per heavy atom. The lowest BCUT2D eigenvalue weighted by atomic mass is 9.78. The van der Waals surface area contributed by atoms with Crippen molar-refractivity contribution >= 4 is 29.9 Å². The normalized spacial score (nSPS) is 17.3. The van der Waals surface area contributed by atoms with Gasteiger partial charge in [-0.1, -0.05) is 38.1 Å². The van der Waals surface area contributed by atoms with Gasteiger partial charge in [-0.25, -0.2) is 0 Å². The molecule has 2 N–H and O–H groups in total. The average Bonchev–Trinajstić information content (AvgIpc) is 2.58. The van der Waals surface area contributed by atoms with Crippen LogP contribution in [0.25, 0.3) is 0 Å². The van der Waals surface area contributed by atoms with Crippen LogP contribution in [0.15, 0.2) is 29.3 Å². The molecule has 0 aliphatic heterocycles. The van der Waals surface area contributed by atoms with Crippen LogP contribution in [0.5, 0.6) is 0 Å². The molecule has 0 spiro atoms. The van der Waals surface area contributed by atoms with Gasteiger partial charge in [0.15, 0.2) is 5.96 Å². The number of nitrogens with zero attached hydrogens (tertiary/aromatic N) is 2. The standard InChI is InChI=1S/C20H34N4.HI/c1-5-24(6-2)13-9-10-16(3)23-20(21-4)22-15-18-14-17-11-7-8-12-19(17)18;/h7-8,11-12,16,18H,5-6,9-10,13-15H2,1-4H3,(H2,21,22,23);1H. The van der Waals surface area contributed by atoms with Crippen LogP contribution in [0.4, 0.5) is 0 Å². The molecule has 2 rings (SSSR count). The number of halogens is 1. The molecule has 2 atom stereocenters. The molecular formula is C20H35IN4. The van der Waals surface area contributed by atoms with Gasteiger partial charge in [0.05, 0.1) is 0 Å². The van der Waals surface area contributed by atoms with Crippen LogP contribution < -0.4 is 10.6 Å². The van der Waals surface area contributed by atoms with Gasteiger partial charge in [-0.2, -0.15) is 0 Å². The Morgan fingerprint density at radius 1 is 1.28 bits per heavy atom. The zero-order valence-corrected chi connectivity index (χ0v) is 18.5. The van der Waals surface area contributed by atoms with Gasteiger partial charge in [0.25, 0.3) is 0 Å². The van der Waals surface area contributed by atoms with Gasteiger partial charge in [0.2, 0.25) is 0 Å². The predicted octanol–water partition coefficient (Wildman–Crippen LogP) is 3.62. The van der Waals surface area contributed by atoms with Crippen LogP contribution in [-0.2, 0) is 6.42 Å². The summed E-state index contributed by atoms with van der Waals surface area (Å²) in [6.45, 7) is 11.1. The van der Waals surface area contributed by atoms with Crippen LogP contribution in [-0.4, -0.2) is 50.1 Å². The number of rotatable bonds is 9. The molecule has 0 saturated carbocycles. The molecule has 1 aromatic carbocycles. The zero-order valence-electron chi connectivity index (χ0n) is 16.2. The molecule has 0 radical (unpaired) electrons. The molecule has 0 fully saturated rings. The Balaban J connectivity index is 0.00000312. The second-order valence-corrected chi connectivity index (χ2v) is 6.77. The van der Waals surface area contributed by atoms with Crippen LogP contribution in [0.3, 0.4) is 0 Å². The summed E-state index contributed by atoms with van der Waals surface area (Å²) < 4.78 is 0. The van der Waals surface area contributed by atoms with Gasteiger partial charge in [0.1, 0.15) is 0 Å². The van der Waals surface area contributed by atoms with E-state index in [1.807, 2.05) is 7.05 Å². The van der Waals surface area contributed by atoms with E-state index in [-0.39, 0.29) is 24.0 Å². The predicted molar refractivity (Wildman–Crippen MR) is 119 cm³/mol. The van der Waals surface area contributed by atoms with E-state index >= 15 is 0 Å². The van der Waals surface area contributed by atoms with Gasteiger partial charge < -0.3 is 15.5 Å². The highest BCUT2D eigenvalue weighted by molar-refractivity contribution is 14.0. The number of hydrogen-bond donors (Lipinski definition) is 2. The average molecular weight is 458 g/mol. The van der Waals surface area contributed by atoms with Crippen molar-refractivity contribution in [3.8, 4) is 0 Å². The van der Waals surface area contributed by atoms with E-state index in [1.54, 1.807) is 0 Å². The Hall–Kier alpha value is -0.820. The molecule has 4 nitrogen and oxygen atoms in total. The lowest BCUT2D eigenvalue weighted by Gasteiger charge is -2.31. The second-order valence-electron chi connectivity index (χ2n) is 6.77. The zero-order chi connectivity index (χ0) is 17.4. The van der Waals surface area contributed by atoms with Gasteiger partial charge in [-0.05, 0) is 56.9 Å². The summed E-state index contributed by atoms with van der Waals surface area (Å²) in [6.07, 6.45) is 3.58. The molecule has 0 aromatic heterocycles. The monoisotopic (exact) mass is 458 g/mol. The molecule has 0 amide bonds. The van der Waals surface area contributed by atoms with E-state index in [4.69, 9.17) is 0 Å². The number of benzene rings is 1. The minimum absolute atomic E-state index is 0. The first-order chi connectivity index (χ1) is 11.7. The van der Waals surface area contributed by atoms with Crippen molar-refractivity contribution in [1.82, 2.24) is 15.5 Å². The minimum atomic E-state index is 0. The van der Waals surface area contributed by atoms with Crippen LogP contribution in [0, 0.1) is 0 Å². The van der Waals surface area contributed by atoms with Crippen molar-refractivity contribution in [1.29, 1.82) is 0 Å². The SMILES string of the molecule is CCN(CC)CCCC(C)NC(=NC)NCC1Cc2ccccc21.I. The van der Waals surface area contributed by atoms with Crippen LogP contribution >= 0.6 is 24.0 Å². The third kappa shape index (κ3) is 6.77. The summed E-state index contributed by atoms with van der Waals surface area (Å²) in [6, 6.07) is 9.19. The maximum atomic E-state index is 4.37. The van der Waals surface area contributed by atoms with E-state index in [0.717, 1.165) is 25.6 Å². The van der Waals surface area contributed by atoms with Crippen molar-refractivity contribution in [3.63, 3.8) is 0 Å². The third-order valence-corrected chi connectivity index (χ3v) is 5.09. The first-order valence-corrected chi connectivity index (χ1v) is 9.45. The smallest absolute Gasteiger partial charge is 0.191 e. The highest BCUT2D eigenvalue weighted by atomic mass is 127. The maximum Gasteiger partial charge on any atom is 0.191 e. The summed E-state index contributed by atoms with van der Waals surface area (Å²) in [5.41, 5.74) is 2.99. The molecule has 0 bridgehead atoms. The second kappa shape index (κ2) is 11.7. The van der Waals surface area contributed by atoms with Crippen molar-refractivity contribution in [2.24, 2.45) is 4.99 Å². The van der Waals surface area contributed by atoms with Crippen LogP contribution in [0.2, 0.25) is 0 Å². The fraction of sp³-hybridized carbons (Fsp3) is 0.650. The molecule has 142 valence electrons. The Kier molecular flexibility index (Phi) is 10.4. The number of aliphatic imine (C=N–C) groups is 1. The summed E-state index contributed by atoms with van der Waals surface area (Å²) in [5.74, 6) is 1.55. The largest absolute Gasteiger partial charge is 0.356 e. The summed E-state index contributed by atoms with van der Waals surface area (Å²) in [7, 11) is 1.85. The molecular weight excluding hydrogens is 423 g/mol. The molecule has 25 heavy (non-hydrogen) atoms. The van der Waals surface area contributed by atoms with E-state index in [9.17, 15) is 0 Å². The highest BCUT2D eigenvalue weighted by Gasteiger charge is 2.25. The topological polar surface area (TPSA) is 39.7 Å². The third-order valence-electron chi connectivity index (χ3n) is 5.09. The van der Waals surface area contributed by atoms with E-state index in [0.29, 0.717) is 12.0 Å². The van der Waals surface area contributed by atoms with Crippen molar-refractivity contribution < 1.29 is 0 Å². The van der Waals surface area contributed by atoms with Crippen molar-refractivity contribution in [2.75, 3.05) is 33.2 Å². The lowest BCUT2D eigenvalue weighted by Crippen LogP contribution is -2.44. The molecule has 1 aliphatic carbocycles. The summed E-state index contributed by atoms with van der Waals surface area (Å²) in [5, 5.41) is 7.02.